The second-order valence-electron chi connectivity index (χ2n) is 5.53. The van der Waals surface area contributed by atoms with Crippen LogP contribution in [-0.4, -0.2) is 25.8 Å². The molecule has 1 heterocycles. The molecule has 0 amide bonds. The normalized spacial score (nSPS) is 18.8. The van der Waals surface area contributed by atoms with Gasteiger partial charge in [0.1, 0.15) is 0 Å². The maximum absolute atomic E-state index is 6.29. The lowest BCUT2D eigenvalue weighted by Gasteiger charge is -2.10. The van der Waals surface area contributed by atoms with Crippen LogP contribution in [-0.2, 0) is 0 Å². The van der Waals surface area contributed by atoms with Crippen molar-refractivity contribution in [2.24, 2.45) is 0 Å². The molecule has 3 rings (SSSR count). The number of halogens is 1. The Morgan fingerprint density at radius 3 is 2.95 bits per heavy atom. The lowest BCUT2D eigenvalue weighted by molar-refractivity contribution is 0.297. The smallest absolute Gasteiger partial charge is 0.179 e. The fourth-order valence-corrected chi connectivity index (χ4v) is 2.54. The fraction of sp³-hybridized carbons (Fsp3) is 0.500. The number of fused-ring (bicyclic) bond motifs is 1. The summed E-state index contributed by atoms with van der Waals surface area (Å²) >= 11 is 6.29. The molecule has 0 spiro atoms. The third-order valence-electron chi connectivity index (χ3n) is 3.48. The summed E-state index contributed by atoms with van der Waals surface area (Å²) in [5.74, 6) is 1.43. The number of nitrogens with one attached hydrogen (secondary N) is 1. The molecule has 0 atom stereocenters. The first-order valence-corrected chi connectivity index (χ1v) is 7.60. The van der Waals surface area contributed by atoms with Gasteiger partial charge in [0, 0.05) is 19.0 Å². The van der Waals surface area contributed by atoms with E-state index in [0.717, 1.165) is 30.3 Å². The topological polar surface area (TPSA) is 30.5 Å². The largest absolute Gasteiger partial charge is 0.489 e. The zero-order valence-corrected chi connectivity index (χ0v) is 12.5. The van der Waals surface area contributed by atoms with Gasteiger partial charge < -0.3 is 14.8 Å². The summed E-state index contributed by atoms with van der Waals surface area (Å²) in [4.78, 5) is 0. The minimum absolute atomic E-state index is 0.624. The number of rotatable bonds is 4. The molecule has 0 bridgehead atoms. The summed E-state index contributed by atoms with van der Waals surface area (Å²) in [6.45, 7) is 4.40. The van der Waals surface area contributed by atoms with Crippen LogP contribution in [0.1, 0.15) is 31.7 Å². The maximum Gasteiger partial charge on any atom is 0.179 e. The van der Waals surface area contributed by atoms with Gasteiger partial charge in [-0.2, -0.15) is 0 Å². The Kier molecular flexibility index (Phi) is 4.18. The minimum Gasteiger partial charge on any atom is -0.489 e. The van der Waals surface area contributed by atoms with Crippen molar-refractivity contribution in [3.63, 3.8) is 0 Å². The van der Waals surface area contributed by atoms with Gasteiger partial charge in [0.15, 0.2) is 11.5 Å². The van der Waals surface area contributed by atoms with Gasteiger partial charge in [0.2, 0.25) is 0 Å². The Bertz CT molecular complexity index is 523. The van der Waals surface area contributed by atoms with Crippen molar-refractivity contribution in [3.8, 4) is 11.5 Å². The first-order valence-electron chi connectivity index (χ1n) is 7.22. The Balaban J connectivity index is 1.77. The maximum atomic E-state index is 6.29. The van der Waals surface area contributed by atoms with E-state index in [-0.39, 0.29) is 0 Å². The quantitative estimate of drug-likeness (QED) is 0.919. The Morgan fingerprint density at radius 2 is 2.15 bits per heavy atom. The first kappa shape index (κ1) is 13.8. The molecular formula is C16H20ClNO2. The van der Waals surface area contributed by atoms with E-state index in [4.69, 9.17) is 21.1 Å². The first-order chi connectivity index (χ1) is 9.72. The second-order valence-corrected chi connectivity index (χ2v) is 5.93. The van der Waals surface area contributed by atoms with Crippen LogP contribution in [0.4, 0.5) is 0 Å². The molecule has 1 aliphatic carbocycles. The number of benzene rings is 1. The summed E-state index contributed by atoms with van der Waals surface area (Å²) in [7, 11) is 0. The monoisotopic (exact) mass is 293 g/mol. The van der Waals surface area contributed by atoms with E-state index in [1.54, 1.807) is 0 Å². The zero-order valence-electron chi connectivity index (χ0n) is 11.7. The molecule has 2 aliphatic rings. The fourth-order valence-electron chi connectivity index (χ4n) is 2.26. The van der Waals surface area contributed by atoms with Crippen LogP contribution >= 0.6 is 11.6 Å². The van der Waals surface area contributed by atoms with E-state index in [2.05, 4.69) is 18.3 Å². The number of hydrogen-bond acceptors (Lipinski definition) is 3. The van der Waals surface area contributed by atoms with Crippen molar-refractivity contribution in [2.45, 2.75) is 32.2 Å². The van der Waals surface area contributed by atoms with Crippen LogP contribution in [0.25, 0.3) is 6.08 Å². The molecule has 20 heavy (non-hydrogen) atoms. The van der Waals surface area contributed by atoms with Gasteiger partial charge in [-0.15, -0.1) is 0 Å². The molecule has 108 valence electrons. The predicted octanol–water partition coefficient (Wildman–Crippen LogP) is 3.66. The highest BCUT2D eigenvalue weighted by Crippen LogP contribution is 2.38. The van der Waals surface area contributed by atoms with Gasteiger partial charge in [0.25, 0.3) is 0 Å². The molecule has 1 N–H and O–H groups in total. The van der Waals surface area contributed by atoms with E-state index in [1.807, 2.05) is 12.1 Å². The van der Waals surface area contributed by atoms with Gasteiger partial charge in [0.05, 0.1) is 18.2 Å². The van der Waals surface area contributed by atoms with E-state index in [1.165, 1.54) is 18.4 Å². The van der Waals surface area contributed by atoms with Crippen molar-refractivity contribution in [2.75, 3.05) is 19.8 Å². The molecule has 0 aromatic heterocycles. The summed E-state index contributed by atoms with van der Waals surface area (Å²) in [6, 6.07) is 4.67. The SMILES string of the molecule is CC(=Cc1cc(Cl)c2c(c1)OCCCO2)CNC1CC1. The molecule has 4 heteroatoms. The predicted molar refractivity (Wildman–Crippen MR) is 81.7 cm³/mol. The highest BCUT2D eigenvalue weighted by molar-refractivity contribution is 6.32. The lowest BCUT2D eigenvalue weighted by atomic mass is 10.1. The van der Waals surface area contributed by atoms with Crippen LogP contribution in [0.5, 0.6) is 11.5 Å². The van der Waals surface area contributed by atoms with Crippen molar-refractivity contribution in [3.05, 3.63) is 28.3 Å². The summed E-state index contributed by atoms with van der Waals surface area (Å²) in [6.07, 6.45) is 5.66. The molecule has 0 radical (unpaired) electrons. The van der Waals surface area contributed by atoms with Crippen molar-refractivity contribution in [1.29, 1.82) is 0 Å². The average Bonchev–Trinajstić information content (AvgIpc) is 3.23. The van der Waals surface area contributed by atoms with Gasteiger partial charge in [-0.1, -0.05) is 23.3 Å². The molecule has 1 aliphatic heterocycles. The number of hydrogen-bond donors (Lipinski definition) is 1. The molecule has 1 saturated carbocycles. The van der Waals surface area contributed by atoms with Crippen molar-refractivity contribution < 1.29 is 9.47 Å². The van der Waals surface area contributed by atoms with E-state index in [9.17, 15) is 0 Å². The summed E-state index contributed by atoms with van der Waals surface area (Å²) in [5, 5.41) is 4.13. The molecular weight excluding hydrogens is 274 g/mol. The van der Waals surface area contributed by atoms with Gasteiger partial charge in [-0.25, -0.2) is 0 Å². The van der Waals surface area contributed by atoms with Gasteiger partial charge in [-0.05, 0) is 37.5 Å². The molecule has 1 fully saturated rings. The Labute approximate surface area is 124 Å². The Hall–Kier alpha value is -1.19. The summed E-state index contributed by atoms with van der Waals surface area (Å²) in [5.41, 5.74) is 2.36. The summed E-state index contributed by atoms with van der Waals surface area (Å²) < 4.78 is 11.3. The Morgan fingerprint density at radius 1 is 1.35 bits per heavy atom. The average molecular weight is 294 g/mol. The van der Waals surface area contributed by atoms with Crippen molar-refractivity contribution >= 4 is 17.7 Å². The molecule has 0 unspecified atom stereocenters. The highest BCUT2D eigenvalue weighted by Gasteiger charge is 2.20. The molecule has 1 aromatic rings. The third kappa shape index (κ3) is 3.47. The van der Waals surface area contributed by atoms with Crippen molar-refractivity contribution in [1.82, 2.24) is 5.32 Å². The molecule has 0 saturated heterocycles. The van der Waals surface area contributed by atoms with Gasteiger partial charge >= 0.3 is 0 Å². The van der Waals surface area contributed by atoms with E-state index >= 15 is 0 Å². The minimum atomic E-state index is 0.624. The molecule has 1 aromatic carbocycles. The second kappa shape index (κ2) is 6.06. The van der Waals surface area contributed by atoms with E-state index < -0.39 is 0 Å². The van der Waals surface area contributed by atoms with Crippen LogP contribution in [0.3, 0.4) is 0 Å². The molecule has 3 nitrogen and oxygen atoms in total. The van der Waals surface area contributed by atoms with E-state index in [0.29, 0.717) is 24.0 Å². The standard InChI is InChI=1S/C16H20ClNO2/c1-11(10-18-13-3-4-13)7-12-8-14(17)16-15(9-12)19-5-2-6-20-16/h7-9,13,18H,2-6,10H2,1H3. The van der Waals surface area contributed by atoms with Crippen LogP contribution in [0.15, 0.2) is 17.7 Å². The highest BCUT2D eigenvalue weighted by atomic mass is 35.5. The van der Waals surface area contributed by atoms with Crippen LogP contribution in [0.2, 0.25) is 5.02 Å². The lowest BCUT2D eigenvalue weighted by Crippen LogP contribution is -2.18. The number of ether oxygens (including phenoxy) is 2. The van der Waals surface area contributed by atoms with Gasteiger partial charge in [-0.3, -0.25) is 0 Å². The van der Waals surface area contributed by atoms with Crippen LogP contribution < -0.4 is 14.8 Å². The third-order valence-corrected chi connectivity index (χ3v) is 3.77. The zero-order chi connectivity index (χ0) is 13.9. The van der Waals surface area contributed by atoms with Crippen LogP contribution in [0, 0.1) is 0 Å².